The third kappa shape index (κ3) is 4.98. The first kappa shape index (κ1) is 22.5. The van der Waals surface area contributed by atoms with E-state index in [2.05, 4.69) is 56.2 Å². The summed E-state index contributed by atoms with van der Waals surface area (Å²) < 4.78 is 0. The number of fused-ring (bicyclic) bond motifs is 1. The SMILES string of the molecule is CN1C[C@H](Cc2ccc(Cl)cc2)N(C2CCN(C3=NN=C(N)C3)CC2)Cc2cc(Cl)ccc21. The zero-order valence-corrected chi connectivity index (χ0v) is 20.4. The third-order valence-corrected chi connectivity index (χ3v) is 7.56. The number of nitrogens with two attached hydrogens (primary N) is 1. The highest BCUT2D eigenvalue weighted by atomic mass is 35.5. The Morgan fingerprint density at radius 3 is 2.42 bits per heavy atom. The van der Waals surface area contributed by atoms with E-state index < -0.39 is 0 Å². The summed E-state index contributed by atoms with van der Waals surface area (Å²) in [4.78, 5) is 7.45. The number of nitrogens with zero attached hydrogens (tertiary/aromatic N) is 5. The number of piperidine rings is 1. The van der Waals surface area contributed by atoms with E-state index in [1.165, 1.54) is 16.8 Å². The van der Waals surface area contributed by atoms with Crippen molar-refractivity contribution < 1.29 is 0 Å². The van der Waals surface area contributed by atoms with E-state index in [9.17, 15) is 0 Å². The maximum Gasteiger partial charge on any atom is 0.135 e. The Morgan fingerprint density at radius 1 is 1.00 bits per heavy atom. The standard InChI is InChI=1S/C25H30Cl2N6/c1-31-16-22(12-17-2-4-19(26)5-3-17)33(15-18-13-20(27)6-7-23(18)31)21-8-10-32(11-9-21)25-14-24(28)29-30-25/h2-7,13,21-22H,8-12,14-16H2,1H3,(H2,28,29)/t22-/m0/s1. The average Bonchev–Trinajstić information content (AvgIpc) is 3.19. The molecular weight excluding hydrogens is 455 g/mol. The number of halogens is 2. The molecule has 0 radical (unpaired) electrons. The Bertz CT molecular complexity index is 1060. The fourth-order valence-electron chi connectivity index (χ4n) is 5.39. The summed E-state index contributed by atoms with van der Waals surface area (Å²) in [5.41, 5.74) is 9.73. The summed E-state index contributed by atoms with van der Waals surface area (Å²) in [6.45, 7) is 3.83. The van der Waals surface area contributed by atoms with Gasteiger partial charge in [0.15, 0.2) is 0 Å². The summed E-state index contributed by atoms with van der Waals surface area (Å²) in [7, 11) is 2.19. The minimum atomic E-state index is 0.390. The molecule has 0 spiro atoms. The van der Waals surface area contributed by atoms with Gasteiger partial charge in [-0.3, -0.25) is 4.90 Å². The Labute approximate surface area is 205 Å². The lowest BCUT2D eigenvalue weighted by atomic mass is 9.97. The van der Waals surface area contributed by atoms with Gasteiger partial charge in [-0.05, 0) is 60.7 Å². The first-order valence-corrected chi connectivity index (χ1v) is 12.4. The molecule has 0 bridgehead atoms. The molecule has 3 aliphatic heterocycles. The molecule has 8 heteroatoms. The van der Waals surface area contributed by atoms with Crippen molar-refractivity contribution in [2.75, 3.05) is 31.6 Å². The highest BCUT2D eigenvalue weighted by Crippen LogP contribution is 2.33. The van der Waals surface area contributed by atoms with Crippen LogP contribution in [0.1, 0.15) is 30.4 Å². The smallest absolute Gasteiger partial charge is 0.135 e. The van der Waals surface area contributed by atoms with Gasteiger partial charge >= 0.3 is 0 Å². The molecule has 6 nitrogen and oxygen atoms in total. The van der Waals surface area contributed by atoms with Crippen LogP contribution in [0.15, 0.2) is 52.7 Å². The van der Waals surface area contributed by atoms with Crippen LogP contribution in [0.3, 0.4) is 0 Å². The van der Waals surface area contributed by atoms with Gasteiger partial charge in [0.05, 0.1) is 6.42 Å². The summed E-state index contributed by atoms with van der Waals surface area (Å²) >= 11 is 12.6. The molecule has 33 heavy (non-hydrogen) atoms. The van der Waals surface area contributed by atoms with E-state index in [0.717, 1.165) is 61.3 Å². The van der Waals surface area contributed by atoms with Crippen molar-refractivity contribution >= 4 is 40.6 Å². The molecule has 1 fully saturated rings. The molecule has 0 saturated carbocycles. The number of anilines is 1. The van der Waals surface area contributed by atoms with Gasteiger partial charge in [-0.25, -0.2) is 0 Å². The fraction of sp³-hybridized carbons (Fsp3) is 0.440. The van der Waals surface area contributed by atoms with E-state index in [1.807, 2.05) is 18.2 Å². The number of hydrogen-bond donors (Lipinski definition) is 1. The zero-order valence-electron chi connectivity index (χ0n) is 18.9. The lowest BCUT2D eigenvalue weighted by Crippen LogP contribution is -2.52. The van der Waals surface area contributed by atoms with Crippen LogP contribution in [0.25, 0.3) is 0 Å². The molecule has 3 heterocycles. The molecule has 174 valence electrons. The van der Waals surface area contributed by atoms with E-state index in [0.29, 0.717) is 24.3 Å². The fourth-order valence-corrected chi connectivity index (χ4v) is 5.71. The molecule has 3 aliphatic rings. The van der Waals surface area contributed by atoms with Gasteiger partial charge < -0.3 is 15.5 Å². The molecule has 0 unspecified atom stereocenters. The lowest BCUT2D eigenvalue weighted by Gasteiger charge is -2.42. The van der Waals surface area contributed by atoms with Crippen LogP contribution in [-0.2, 0) is 13.0 Å². The molecular formula is C25H30Cl2N6. The topological polar surface area (TPSA) is 60.5 Å². The van der Waals surface area contributed by atoms with Crippen LogP contribution in [0.5, 0.6) is 0 Å². The van der Waals surface area contributed by atoms with Gasteiger partial charge in [0.25, 0.3) is 0 Å². The Balaban J connectivity index is 1.38. The molecule has 0 aliphatic carbocycles. The molecule has 2 N–H and O–H groups in total. The number of benzene rings is 2. The van der Waals surface area contributed by atoms with Crippen molar-refractivity contribution in [1.82, 2.24) is 9.80 Å². The van der Waals surface area contributed by atoms with Gasteiger partial charge in [-0.15, -0.1) is 10.2 Å². The first-order chi connectivity index (χ1) is 16.0. The molecule has 2 aromatic carbocycles. The van der Waals surface area contributed by atoms with E-state index in [4.69, 9.17) is 28.9 Å². The second kappa shape index (κ2) is 9.53. The minimum Gasteiger partial charge on any atom is -0.385 e. The van der Waals surface area contributed by atoms with Crippen LogP contribution >= 0.6 is 23.2 Å². The summed E-state index contributed by atoms with van der Waals surface area (Å²) in [6, 6.07) is 15.5. The van der Waals surface area contributed by atoms with Crippen molar-refractivity contribution in [3.63, 3.8) is 0 Å². The molecule has 5 rings (SSSR count). The van der Waals surface area contributed by atoms with Crippen molar-refractivity contribution in [3.05, 3.63) is 63.6 Å². The molecule has 2 aromatic rings. The minimum absolute atomic E-state index is 0.390. The van der Waals surface area contributed by atoms with E-state index >= 15 is 0 Å². The Hall–Kier alpha value is -2.28. The van der Waals surface area contributed by atoms with Crippen molar-refractivity contribution in [3.8, 4) is 0 Å². The lowest BCUT2D eigenvalue weighted by molar-refractivity contribution is 0.0881. The van der Waals surface area contributed by atoms with Crippen molar-refractivity contribution in [2.45, 2.75) is 44.3 Å². The van der Waals surface area contributed by atoms with E-state index in [1.54, 1.807) is 0 Å². The van der Waals surface area contributed by atoms with Crippen LogP contribution in [0.4, 0.5) is 5.69 Å². The Kier molecular flexibility index (Phi) is 6.50. The largest absolute Gasteiger partial charge is 0.385 e. The number of rotatable bonds is 3. The van der Waals surface area contributed by atoms with Gasteiger partial charge in [-0.2, -0.15) is 0 Å². The maximum absolute atomic E-state index is 6.41. The first-order valence-electron chi connectivity index (χ1n) is 11.6. The van der Waals surface area contributed by atoms with Gasteiger partial charge in [-0.1, -0.05) is 35.3 Å². The summed E-state index contributed by atoms with van der Waals surface area (Å²) in [5.74, 6) is 1.62. The molecule has 1 saturated heterocycles. The van der Waals surface area contributed by atoms with Crippen molar-refractivity contribution in [1.29, 1.82) is 0 Å². The predicted octanol–water partition coefficient (Wildman–Crippen LogP) is 4.40. The number of likely N-dealkylation sites (N-methyl/N-ethyl adjacent to an activating group) is 1. The Morgan fingerprint density at radius 2 is 1.73 bits per heavy atom. The van der Waals surface area contributed by atoms with Crippen LogP contribution in [-0.4, -0.2) is 60.2 Å². The number of likely N-dealkylation sites (tertiary alicyclic amines) is 1. The highest BCUT2D eigenvalue weighted by molar-refractivity contribution is 6.31. The quantitative estimate of drug-likeness (QED) is 0.701. The molecule has 0 aromatic heterocycles. The predicted molar refractivity (Wildman–Crippen MR) is 137 cm³/mol. The van der Waals surface area contributed by atoms with Gasteiger partial charge in [0.1, 0.15) is 11.7 Å². The second-order valence-electron chi connectivity index (χ2n) is 9.31. The number of hydrogen-bond acceptors (Lipinski definition) is 6. The van der Waals surface area contributed by atoms with Crippen LogP contribution < -0.4 is 10.6 Å². The average molecular weight is 485 g/mol. The van der Waals surface area contributed by atoms with Gasteiger partial charge in [0.2, 0.25) is 0 Å². The third-order valence-electron chi connectivity index (χ3n) is 7.08. The molecule has 0 amide bonds. The maximum atomic E-state index is 6.41. The van der Waals surface area contributed by atoms with Crippen LogP contribution in [0.2, 0.25) is 10.0 Å². The van der Waals surface area contributed by atoms with Crippen LogP contribution in [0, 0.1) is 0 Å². The highest BCUT2D eigenvalue weighted by Gasteiger charge is 2.34. The number of amidine groups is 2. The van der Waals surface area contributed by atoms with Gasteiger partial charge in [0, 0.05) is 61.0 Å². The summed E-state index contributed by atoms with van der Waals surface area (Å²) in [6.07, 6.45) is 3.84. The summed E-state index contributed by atoms with van der Waals surface area (Å²) in [5, 5.41) is 9.88. The second-order valence-corrected chi connectivity index (χ2v) is 10.2. The normalized spacial score (nSPS) is 22.1. The monoisotopic (exact) mass is 484 g/mol. The van der Waals surface area contributed by atoms with E-state index in [-0.39, 0.29) is 0 Å². The zero-order chi connectivity index (χ0) is 22.9. The van der Waals surface area contributed by atoms with Crippen molar-refractivity contribution in [2.24, 2.45) is 15.9 Å². The molecule has 1 atom stereocenters.